The van der Waals surface area contributed by atoms with Gasteiger partial charge in [0.25, 0.3) is 0 Å². The Morgan fingerprint density at radius 1 is 1.03 bits per heavy atom. The number of anilines is 1. The Hall–Kier alpha value is -3.09. The molecule has 0 bridgehead atoms. The lowest BCUT2D eigenvalue weighted by Gasteiger charge is -2.21. The fourth-order valence-corrected chi connectivity index (χ4v) is 3.29. The summed E-state index contributed by atoms with van der Waals surface area (Å²) < 4.78 is 10.1. The van der Waals surface area contributed by atoms with Crippen LogP contribution in [0.15, 0.2) is 24.3 Å². The van der Waals surface area contributed by atoms with Gasteiger partial charge in [-0.2, -0.15) is 0 Å². The van der Waals surface area contributed by atoms with Crippen molar-refractivity contribution in [1.82, 2.24) is 4.98 Å². The van der Waals surface area contributed by atoms with Gasteiger partial charge in [0, 0.05) is 24.5 Å². The molecule has 2 aromatic rings. The first kappa shape index (κ1) is 22.2. The van der Waals surface area contributed by atoms with Gasteiger partial charge in [-0.25, -0.2) is 9.59 Å². The van der Waals surface area contributed by atoms with Gasteiger partial charge in [0.15, 0.2) is 6.10 Å². The Kier molecular flexibility index (Phi) is 7.20. The third-order valence-corrected chi connectivity index (χ3v) is 4.96. The lowest BCUT2D eigenvalue weighted by molar-refractivity contribution is 0.0316. The highest BCUT2D eigenvalue weighted by Crippen LogP contribution is 2.21. The lowest BCUT2D eigenvalue weighted by atomic mass is 10.1. The number of hydrogen-bond acceptors (Lipinski definition) is 6. The molecule has 0 radical (unpaired) electrons. The Bertz CT molecular complexity index is 895. The molecule has 1 heterocycles. The normalized spacial score (nSPS) is 11.7. The van der Waals surface area contributed by atoms with Crippen molar-refractivity contribution < 1.29 is 23.9 Å². The van der Waals surface area contributed by atoms with Gasteiger partial charge in [0.05, 0.1) is 23.9 Å². The fourth-order valence-electron chi connectivity index (χ4n) is 3.29. The predicted octanol–water partition coefficient (Wildman–Crippen LogP) is 3.69. The number of benzene rings is 1. The number of carbonyl (C=O) groups excluding carboxylic acids is 3. The molecule has 7 nitrogen and oxygen atoms in total. The van der Waals surface area contributed by atoms with Crippen LogP contribution in [0.4, 0.5) is 5.69 Å². The Morgan fingerprint density at radius 3 is 2.14 bits per heavy atom. The third kappa shape index (κ3) is 4.67. The van der Waals surface area contributed by atoms with Crippen LogP contribution < -0.4 is 4.90 Å². The largest absolute Gasteiger partial charge is 0.465 e. The number of rotatable bonds is 8. The Morgan fingerprint density at radius 2 is 1.62 bits per heavy atom. The molecule has 0 amide bonds. The van der Waals surface area contributed by atoms with Crippen LogP contribution in [0.2, 0.25) is 0 Å². The molecule has 0 saturated carbocycles. The molecule has 1 N–H and O–H groups in total. The van der Waals surface area contributed by atoms with Crippen molar-refractivity contribution in [3.05, 3.63) is 52.3 Å². The quantitative estimate of drug-likeness (QED) is 0.537. The van der Waals surface area contributed by atoms with Gasteiger partial charge in [0.2, 0.25) is 5.78 Å². The van der Waals surface area contributed by atoms with E-state index in [-0.39, 0.29) is 5.69 Å². The summed E-state index contributed by atoms with van der Waals surface area (Å²) in [5.74, 6) is -1.51. The number of ketones is 1. The van der Waals surface area contributed by atoms with Crippen molar-refractivity contribution in [2.45, 2.75) is 40.7 Å². The first-order valence-electron chi connectivity index (χ1n) is 9.62. The Labute approximate surface area is 171 Å². The number of carbonyl (C=O) groups is 3. The number of nitrogens with one attached hydrogen (secondary N) is 1. The molecular formula is C22H28N2O5. The molecule has 1 atom stereocenters. The number of hydrogen-bond donors (Lipinski definition) is 1. The topological polar surface area (TPSA) is 88.7 Å². The van der Waals surface area contributed by atoms with Crippen molar-refractivity contribution in [2.75, 3.05) is 25.1 Å². The first-order chi connectivity index (χ1) is 13.7. The maximum Gasteiger partial charge on any atom is 0.339 e. The summed E-state index contributed by atoms with van der Waals surface area (Å²) in [6, 6.07) is 7.09. The van der Waals surface area contributed by atoms with E-state index in [0.717, 1.165) is 18.8 Å². The molecule has 0 fully saturated rings. The average Bonchev–Trinajstić information content (AvgIpc) is 3.02. The molecule has 0 unspecified atom stereocenters. The smallest absolute Gasteiger partial charge is 0.339 e. The van der Waals surface area contributed by atoms with E-state index in [1.54, 1.807) is 26.0 Å². The van der Waals surface area contributed by atoms with Crippen LogP contribution in [0, 0.1) is 13.8 Å². The van der Waals surface area contributed by atoms with Crippen LogP contribution in [0.5, 0.6) is 0 Å². The molecule has 1 aromatic heterocycles. The van der Waals surface area contributed by atoms with Gasteiger partial charge < -0.3 is 19.4 Å². The highest BCUT2D eigenvalue weighted by molar-refractivity contribution is 6.04. The summed E-state index contributed by atoms with van der Waals surface area (Å²) >= 11 is 0. The number of ether oxygens (including phenoxy) is 2. The van der Waals surface area contributed by atoms with Crippen molar-refractivity contribution in [3.8, 4) is 0 Å². The average molecular weight is 400 g/mol. The second-order valence-electron chi connectivity index (χ2n) is 6.75. The van der Waals surface area contributed by atoms with Gasteiger partial charge in [-0.05, 0) is 64.4 Å². The maximum absolute atomic E-state index is 12.8. The monoisotopic (exact) mass is 400 g/mol. The minimum atomic E-state index is -1.01. The third-order valence-electron chi connectivity index (χ3n) is 4.96. The fraction of sp³-hybridized carbons (Fsp3) is 0.409. The minimum absolute atomic E-state index is 0.236. The number of aryl methyl sites for hydroxylation is 1. The second-order valence-corrected chi connectivity index (χ2v) is 6.75. The van der Waals surface area contributed by atoms with E-state index >= 15 is 0 Å². The summed E-state index contributed by atoms with van der Waals surface area (Å²) in [6.45, 7) is 10.7. The lowest BCUT2D eigenvalue weighted by Crippen LogP contribution is -2.25. The van der Waals surface area contributed by atoms with Gasteiger partial charge in [0.1, 0.15) is 0 Å². The van der Waals surface area contributed by atoms with E-state index in [2.05, 4.69) is 23.7 Å². The van der Waals surface area contributed by atoms with Gasteiger partial charge in [-0.1, -0.05) is 0 Å². The standard InChI is InChI=1S/C22H28N2O5/c1-7-24(8-2)17-11-9-16(10-12-17)21(26)29-15(5)20(25)19-13(3)18(14(4)23-19)22(27)28-6/h9-12,15,23H,7-8H2,1-6H3/t15-/m1/s1. The van der Waals surface area contributed by atoms with Crippen LogP contribution in [0.3, 0.4) is 0 Å². The zero-order valence-corrected chi connectivity index (χ0v) is 17.8. The highest BCUT2D eigenvalue weighted by Gasteiger charge is 2.27. The van der Waals surface area contributed by atoms with Crippen molar-refractivity contribution in [3.63, 3.8) is 0 Å². The zero-order valence-electron chi connectivity index (χ0n) is 17.8. The van der Waals surface area contributed by atoms with Crippen molar-refractivity contribution >= 4 is 23.4 Å². The molecule has 29 heavy (non-hydrogen) atoms. The number of H-pyrrole nitrogens is 1. The number of aromatic amines is 1. The molecule has 156 valence electrons. The zero-order chi connectivity index (χ0) is 21.7. The van der Waals surface area contributed by atoms with Crippen molar-refractivity contribution in [1.29, 1.82) is 0 Å². The van der Waals surface area contributed by atoms with E-state index < -0.39 is 23.8 Å². The predicted molar refractivity (Wildman–Crippen MR) is 111 cm³/mol. The van der Waals surface area contributed by atoms with Gasteiger partial charge in [-0.3, -0.25) is 4.79 Å². The maximum atomic E-state index is 12.8. The molecule has 0 aliphatic rings. The number of methoxy groups -OCH3 is 1. The Balaban J connectivity index is 2.14. The van der Waals surface area contributed by atoms with E-state index in [0.29, 0.717) is 22.4 Å². The molecule has 0 spiro atoms. The summed E-state index contributed by atoms with van der Waals surface area (Å²) in [7, 11) is 1.28. The van der Waals surface area contributed by atoms with Gasteiger partial charge >= 0.3 is 11.9 Å². The SMILES string of the molecule is CCN(CC)c1ccc(C(=O)O[C@H](C)C(=O)c2[nH]c(C)c(C(=O)OC)c2C)cc1. The molecule has 0 saturated heterocycles. The number of esters is 2. The minimum Gasteiger partial charge on any atom is -0.465 e. The van der Waals surface area contributed by atoms with Crippen LogP contribution >= 0.6 is 0 Å². The molecule has 7 heteroatoms. The molecule has 2 rings (SSSR count). The summed E-state index contributed by atoms with van der Waals surface area (Å²) in [4.78, 5) is 42.2. The number of Topliss-reactive ketones (excluding diaryl/α,β-unsaturated/α-hetero) is 1. The number of nitrogens with zero attached hydrogens (tertiary/aromatic N) is 1. The van der Waals surface area contributed by atoms with E-state index in [4.69, 9.17) is 9.47 Å². The van der Waals surface area contributed by atoms with Crippen LogP contribution in [0.1, 0.15) is 63.2 Å². The van der Waals surface area contributed by atoms with E-state index in [1.807, 2.05) is 12.1 Å². The van der Waals surface area contributed by atoms with Crippen LogP contribution in [-0.4, -0.2) is 49.0 Å². The number of aromatic nitrogens is 1. The molecule has 0 aliphatic heterocycles. The first-order valence-corrected chi connectivity index (χ1v) is 9.62. The van der Waals surface area contributed by atoms with Crippen molar-refractivity contribution in [2.24, 2.45) is 0 Å². The van der Waals surface area contributed by atoms with E-state index in [9.17, 15) is 14.4 Å². The summed E-state index contributed by atoms with van der Waals surface area (Å²) in [5.41, 5.74) is 2.95. The van der Waals surface area contributed by atoms with Crippen LogP contribution in [-0.2, 0) is 9.47 Å². The summed E-state index contributed by atoms with van der Waals surface area (Å²) in [6.07, 6.45) is -1.01. The summed E-state index contributed by atoms with van der Waals surface area (Å²) in [5, 5.41) is 0. The second kappa shape index (κ2) is 9.41. The van der Waals surface area contributed by atoms with E-state index in [1.165, 1.54) is 14.0 Å². The molecular weight excluding hydrogens is 372 g/mol. The highest BCUT2D eigenvalue weighted by atomic mass is 16.5. The van der Waals surface area contributed by atoms with Crippen LogP contribution in [0.25, 0.3) is 0 Å². The van der Waals surface area contributed by atoms with Gasteiger partial charge in [-0.15, -0.1) is 0 Å². The molecule has 0 aliphatic carbocycles. The molecule has 1 aromatic carbocycles.